The van der Waals surface area contributed by atoms with Crippen molar-refractivity contribution < 1.29 is 48.1 Å². The van der Waals surface area contributed by atoms with Gasteiger partial charge in [0.05, 0.1) is 35.5 Å². The standard InChI is InChI=1S/C61H79FN4O10/c1-4-6-7-8-9-10-11-12-13-18-37-72-60(69)65(41-45-24-28-48(62)29-25-45)57-40-55(64-75-42-46-26-30-50(31-27-46)66(70)71)53-38-47(21-14-16-34-67)52(23-15-17-35-68)58-54-39-51(73-43-49-22-19-20-44(3)63-49)32-33-56(54)76-61(57,59(53)58)74-36-5-2/h5,19-20,22,24-33,38-39,47,52,57-59,67-68H,2,4,6-18,21,23,34-37,40-43H2,1,3H3/t47-,52+,57-,58+,59+,61+/m0/s1. The van der Waals surface area contributed by atoms with Crippen molar-refractivity contribution in [2.45, 2.75) is 161 Å². The average molecular weight is 1050 g/mol. The number of benzene rings is 3. The number of hydrogen-bond acceptors (Lipinski definition) is 12. The second kappa shape index (κ2) is 29.4. The minimum atomic E-state index is -1.58. The second-order valence-corrected chi connectivity index (χ2v) is 20.6. The van der Waals surface area contributed by atoms with Crippen LogP contribution in [0, 0.1) is 40.6 Å². The summed E-state index contributed by atoms with van der Waals surface area (Å²) in [5.74, 6) is -1.82. The van der Waals surface area contributed by atoms with E-state index in [4.69, 9.17) is 28.9 Å². The number of aryl methyl sites for hydroxylation is 1. The van der Waals surface area contributed by atoms with Gasteiger partial charge in [0, 0.05) is 55.5 Å². The number of nitro benzene ring substituents is 1. The number of pyridine rings is 1. The highest BCUT2D eigenvalue weighted by atomic mass is 19.1. The van der Waals surface area contributed by atoms with E-state index in [0.29, 0.717) is 47.6 Å². The maximum absolute atomic E-state index is 15.1. The molecule has 7 rings (SSSR count). The third-order valence-electron chi connectivity index (χ3n) is 15.1. The number of oxime groups is 1. The zero-order valence-electron chi connectivity index (χ0n) is 44.6. The Morgan fingerprint density at radius 3 is 2.28 bits per heavy atom. The van der Waals surface area contributed by atoms with Crippen molar-refractivity contribution in [1.82, 2.24) is 9.88 Å². The predicted molar refractivity (Wildman–Crippen MR) is 291 cm³/mol. The summed E-state index contributed by atoms with van der Waals surface area (Å²) in [6, 6.07) is 22.9. The molecule has 0 unspecified atom stereocenters. The van der Waals surface area contributed by atoms with Crippen LogP contribution in [-0.2, 0) is 34.1 Å². The summed E-state index contributed by atoms with van der Waals surface area (Å²) in [6.07, 6.45) is 18.9. The number of carbonyl (C=O) groups excluding carboxylic acids is 1. The fourth-order valence-electron chi connectivity index (χ4n) is 11.4. The Balaban J connectivity index is 1.34. The maximum atomic E-state index is 15.1. The lowest BCUT2D eigenvalue weighted by Crippen LogP contribution is -2.70. The number of amides is 1. The van der Waals surface area contributed by atoms with E-state index < -0.39 is 34.6 Å². The van der Waals surface area contributed by atoms with Crippen molar-refractivity contribution in [3.8, 4) is 11.5 Å². The number of non-ortho nitro benzene ring substituents is 1. The molecule has 2 heterocycles. The van der Waals surface area contributed by atoms with Crippen molar-refractivity contribution in [2.24, 2.45) is 22.9 Å². The Kier molecular flexibility index (Phi) is 22.2. The van der Waals surface area contributed by atoms with Gasteiger partial charge in [-0.1, -0.05) is 113 Å². The highest BCUT2D eigenvalue weighted by Gasteiger charge is 2.65. The van der Waals surface area contributed by atoms with E-state index >= 15 is 4.79 Å². The molecule has 4 aromatic rings. The minimum absolute atomic E-state index is 0.00533. The van der Waals surface area contributed by atoms with Crippen molar-refractivity contribution in [3.05, 3.63) is 153 Å². The predicted octanol–water partition coefficient (Wildman–Crippen LogP) is 13.4. The first-order valence-electron chi connectivity index (χ1n) is 27.8. The molecule has 0 saturated heterocycles. The average Bonchev–Trinajstić information content (AvgIpc) is 3.62. The lowest BCUT2D eigenvalue weighted by atomic mass is 9.55. The number of halogens is 1. The van der Waals surface area contributed by atoms with Crippen LogP contribution in [-0.4, -0.2) is 75.1 Å². The molecular formula is C61H79FN4O10. The van der Waals surface area contributed by atoms with Crippen LogP contribution in [0.3, 0.4) is 0 Å². The Morgan fingerprint density at radius 1 is 0.895 bits per heavy atom. The summed E-state index contributed by atoms with van der Waals surface area (Å²) in [4.78, 5) is 38.7. The van der Waals surface area contributed by atoms with Gasteiger partial charge in [0.2, 0.25) is 5.79 Å². The number of nitro groups is 1. The Bertz CT molecular complexity index is 2540. The number of allylic oxidation sites excluding steroid dienone is 1. The van der Waals surface area contributed by atoms with E-state index in [-0.39, 0.29) is 76.0 Å². The molecule has 1 amide bonds. The van der Waals surface area contributed by atoms with Crippen LogP contribution in [0.5, 0.6) is 11.5 Å². The van der Waals surface area contributed by atoms with Gasteiger partial charge >= 0.3 is 6.09 Å². The lowest BCUT2D eigenvalue weighted by molar-refractivity contribution is -0.384. The fourth-order valence-corrected chi connectivity index (χ4v) is 11.4. The molecule has 1 fully saturated rings. The molecule has 0 radical (unpaired) electrons. The van der Waals surface area contributed by atoms with E-state index in [9.17, 15) is 24.7 Å². The Morgan fingerprint density at radius 2 is 1.59 bits per heavy atom. The zero-order valence-corrected chi connectivity index (χ0v) is 44.6. The van der Waals surface area contributed by atoms with Crippen LogP contribution in [0.2, 0.25) is 0 Å². The highest BCUT2D eigenvalue weighted by Crippen LogP contribution is 2.62. The van der Waals surface area contributed by atoms with Gasteiger partial charge in [0.1, 0.15) is 36.6 Å². The van der Waals surface area contributed by atoms with Gasteiger partial charge < -0.3 is 34.0 Å². The van der Waals surface area contributed by atoms with Crippen molar-refractivity contribution in [3.63, 3.8) is 0 Å². The van der Waals surface area contributed by atoms with Crippen molar-refractivity contribution >= 4 is 17.5 Å². The number of unbranched alkanes of at least 4 members (excludes halogenated alkanes) is 11. The zero-order chi connectivity index (χ0) is 53.7. The van der Waals surface area contributed by atoms with Gasteiger partial charge in [-0.15, -0.1) is 6.58 Å². The Hall–Kier alpha value is -6.16. The monoisotopic (exact) mass is 1050 g/mol. The molecule has 1 aromatic heterocycles. The SMILES string of the molecule is C=CCO[C@@]12Oc3ccc(OCc4cccc(C)n4)cc3[C@H]3[C@H](CCCCO)[C@@H](CCCCO)C=C(C(=NOCc4ccc([N+](=O)[O-])cc4)C[C@@H]1N(Cc1ccc(F)cc1)C(=O)OCCCCCCCCCCCC)[C@H]32. The molecule has 14 nitrogen and oxygen atoms in total. The van der Waals surface area contributed by atoms with Gasteiger partial charge in [0.25, 0.3) is 5.69 Å². The van der Waals surface area contributed by atoms with E-state index in [0.717, 1.165) is 67.5 Å². The number of nitrogens with zero attached hydrogens (tertiary/aromatic N) is 4. The first kappa shape index (κ1) is 57.5. The number of ether oxygens (including phenoxy) is 4. The Labute approximate surface area is 448 Å². The molecule has 0 bridgehead atoms. The molecule has 2 N–H and O–H groups in total. The van der Waals surface area contributed by atoms with E-state index in [2.05, 4.69) is 24.6 Å². The smallest absolute Gasteiger partial charge is 0.410 e. The second-order valence-electron chi connectivity index (χ2n) is 20.6. The largest absolute Gasteiger partial charge is 0.487 e. The highest BCUT2D eigenvalue weighted by molar-refractivity contribution is 6.03. The van der Waals surface area contributed by atoms with Crippen LogP contribution >= 0.6 is 0 Å². The summed E-state index contributed by atoms with van der Waals surface area (Å²) in [7, 11) is 0. The first-order chi connectivity index (χ1) is 37.1. The summed E-state index contributed by atoms with van der Waals surface area (Å²) >= 11 is 0. The van der Waals surface area contributed by atoms with Gasteiger partial charge in [-0.05, 0) is 122 Å². The van der Waals surface area contributed by atoms with Crippen LogP contribution in [0.1, 0.15) is 150 Å². The topological polar surface area (TPSA) is 175 Å². The third-order valence-corrected chi connectivity index (χ3v) is 15.1. The number of carbonyl (C=O) groups is 1. The number of hydrogen-bond donors (Lipinski definition) is 2. The summed E-state index contributed by atoms with van der Waals surface area (Å²) in [5.41, 5.74) is 5.25. The summed E-state index contributed by atoms with van der Waals surface area (Å²) in [5, 5.41) is 36.6. The van der Waals surface area contributed by atoms with Gasteiger partial charge in [-0.3, -0.25) is 20.0 Å². The van der Waals surface area contributed by atoms with Crippen molar-refractivity contribution in [2.75, 3.05) is 26.4 Å². The van der Waals surface area contributed by atoms with Crippen LogP contribution in [0.15, 0.2) is 114 Å². The molecule has 0 spiro atoms. The molecule has 3 aliphatic rings. The number of aromatic nitrogens is 1. The molecular weight excluding hydrogens is 968 g/mol. The number of aliphatic hydroxyl groups is 2. The van der Waals surface area contributed by atoms with E-state index in [1.807, 2.05) is 43.3 Å². The molecule has 3 aromatic carbocycles. The quantitative estimate of drug-likeness (QED) is 0.0206. The molecule has 6 atom stereocenters. The van der Waals surface area contributed by atoms with Crippen LogP contribution in [0.25, 0.3) is 0 Å². The van der Waals surface area contributed by atoms with Crippen LogP contribution in [0.4, 0.5) is 14.9 Å². The lowest BCUT2D eigenvalue weighted by Gasteiger charge is -2.59. The van der Waals surface area contributed by atoms with Gasteiger partial charge in [0.15, 0.2) is 0 Å². The molecule has 2 aliphatic carbocycles. The molecule has 410 valence electrons. The summed E-state index contributed by atoms with van der Waals surface area (Å²) in [6.45, 7) is 8.86. The number of rotatable bonds is 32. The van der Waals surface area contributed by atoms with E-state index in [1.54, 1.807) is 35.2 Å². The van der Waals surface area contributed by atoms with Crippen molar-refractivity contribution in [1.29, 1.82) is 0 Å². The fraction of sp³-hybridized carbons (Fsp3) is 0.525. The number of fused-ring (bicyclic) bond motifs is 2. The van der Waals surface area contributed by atoms with E-state index in [1.165, 1.54) is 62.8 Å². The summed E-state index contributed by atoms with van der Waals surface area (Å²) < 4.78 is 41.9. The normalized spacial score (nSPS) is 20.9. The number of aliphatic hydroxyl groups excluding tert-OH is 2. The maximum Gasteiger partial charge on any atom is 0.410 e. The third kappa shape index (κ3) is 15.3. The molecule has 1 saturated carbocycles. The molecule has 15 heteroatoms. The van der Waals surface area contributed by atoms with Gasteiger partial charge in [-0.2, -0.15) is 0 Å². The minimum Gasteiger partial charge on any atom is -0.487 e. The van der Waals surface area contributed by atoms with Crippen LogP contribution < -0.4 is 9.47 Å². The van der Waals surface area contributed by atoms with Gasteiger partial charge in [-0.25, -0.2) is 9.18 Å². The first-order valence-corrected chi connectivity index (χ1v) is 27.8. The molecule has 1 aliphatic heterocycles. The molecule has 76 heavy (non-hydrogen) atoms.